The van der Waals surface area contributed by atoms with Crippen LogP contribution in [0.4, 0.5) is 0 Å². The number of aromatic nitrogens is 2. The lowest BCUT2D eigenvalue weighted by atomic mass is 10.0. The molecule has 1 aliphatic heterocycles. The van der Waals surface area contributed by atoms with Gasteiger partial charge in [-0.3, -0.25) is 14.5 Å². The van der Waals surface area contributed by atoms with E-state index in [4.69, 9.17) is 4.52 Å². The maximum absolute atomic E-state index is 12.6. The van der Waals surface area contributed by atoms with Gasteiger partial charge in [0.05, 0.1) is 6.54 Å². The van der Waals surface area contributed by atoms with Gasteiger partial charge in [0.15, 0.2) is 5.82 Å². The lowest BCUT2D eigenvalue weighted by Crippen LogP contribution is -2.52. The molecule has 8 nitrogen and oxygen atoms in total. The zero-order chi connectivity index (χ0) is 15.7. The molecule has 1 N–H and O–H groups in total. The van der Waals surface area contributed by atoms with Crippen LogP contribution in [-0.4, -0.2) is 65.0 Å². The zero-order valence-electron chi connectivity index (χ0n) is 13.0. The molecule has 0 unspecified atom stereocenters. The molecule has 1 aromatic heterocycles. The van der Waals surface area contributed by atoms with Crippen molar-refractivity contribution >= 4 is 11.8 Å². The van der Waals surface area contributed by atoms with Gasteiger partial charge < -0.3 is 14.7 Å². The fraction of sp³-hybridized carbons (Fsp3) is 0.714. The molecule has 1 aromatic rings. The van der Waals surface area contributed by atoms with Gasteiger partial charge in [-0.05, 0) is 12.8 Å². The first-order chi connectivity index (χ1) is 10.5. The van der Waals surface area contributed by atoms with Crippen molar-refractivity contribution in [2.45, 2.75) is 26.3 Å². The van der Waals surface area contributed by atoms with Crippen LogP contribution in [-0.2, 0) is 16.1 Å². The Bertz CT molecular complexity index is 573. The topological polar surface area (TPSA) is 91.6 Å². The Kier molecular flexibility index (Phi) is 3.86. The van der Waals surface area contributed by atoms with Crippen molar-refractivity contribution in [3.63, 3.8) is 0 Å². The number of hydrogen-bond donors (Lipinski definition) is 1. The largest absolute Gasteiger partial charge is 0.358 e. The van der Waals surface area contributed by atoms with Crippen molar-refractivity contribution < 1.29 is 14.1 Å². The Balaban J connectivity index is 1.53. The Morgan fingerprint density at radius 2 is 1.95 bits per heavy atom. The van der Waals surface area contributed by atoms with E-state index in [1.807, 2.05) is 0 Å². The molecule has 120 valence electrons. The number of amides is 2. The molecular formula is C14H21N5O3. The van der Waals surface area contributed by atoms with Crippen LogP contribution in [0, 0.1) is 12.3 Å². The average Bonchev–Trinajstić information content (AvgIpc) is 3.25. The van der Waals surface area contributed by atoms with Gasteiger partial charge in [0.2, 0.25) is 17.7 Å². The number of nitrogens with zero attached hydrogens (tertiary/aromatic N) is 4. The van der Waals surface area contributed by atoms with Gasteiger partial charge in [-0.15, -0.1) is 0 Å². The molecule has 2 heterocycles. The zero-order valence-corrected chi connectivity index (χ0v) is 13.0. The summed E-state index contributed by atoms with van der Waals surface area (Å²) in [6, 6.07) is 0. The van der Waals surface area contributed by atoms with E-state index in [-0.39, 0.29) is 11.8 Å². The van der Waals surface area contributed by atoms with Gasteiger partial charge in [-0.1, -0.05) is 5.16 Å². The minimum Gasteiger partial charge on any atom is -0.358 e. The molecule has 0 spiro atoms. The van der Waals surface area contributed by atoms with E-state index in [1.165, 1.54) is 0 Å². The van der Waals surface area contributed by atoms with Crippen molar-refractivity contribution in [1.29, 1.82) is 0 Å². The number of piperazine rings is 1. The van der Waals surface area contributed by atoms with Crippen LogP contribution < -0.4 is 5.32 Å². The minimum absolute atomic E-state index is 0.0260. The summed E-state index contributed by atoms with van der Waals surface area (Å²) in [5.41, 5.74) is -0.790. The molecule has 2 amide bonds. The molecule has 0 aromatic carbocycles. The molecular weight excluding hydrogens is 286 g/mol. The lowest BCUT2D eigenvalue weighted by Gasteiger charge is -2.35. The Morgan fingerprint density at radius 3 is 2.45 bits per heavy atom. The summed E-state index contributed by atoms with van der Waals surface area (Å²) in [6.45, 7) is 5.16. The van der Waals surface area contributed by atoms with Crippen LogP contribution in [0.5, 0.6) is 0 Å². The number of nitrogens with one attached hydrogen (secondary N) is 1. The molecule has 8 heteroatoms. The standard InChI is InChI=1S/C14H21N5O3/c1-10-16-11(17-22-10)9-18-5-7-19(8-6-18)13(21)14(3-4-14)12(20)15-2/h3-9H2,1-2H3,(H,15,20). The number of rotatable bonds is 4. The second-order valence-corrected chi connectivity index (χ2v) is 5.96. The first-order valence-corrected chi connectivity index (χ1v) is 7.58. The molecule has 1 aliphatic carbocycles. The van der Waals surface area contributed by atoms with E-state index >= 15 is 0 Å². The van der Waals surface area contributed by atoms with Gasteiger partial charge >= 0.3 is 0 Å². The third kappa shape index (κ3) is 2.70. The van der Waals surface area contributed by atoms with Gasteiger partial charge in [-0.25, -0.2) is 0 Å². The number of carbonyl (C=O) groups is 2. The van der Waals surface area contributed by atoms with Crippen LogP contribution in [0.1, 0.15) is 24.6 Å². The Morgan fingerprint density at radius 1 is 1.27 bits per heavy atom. The van der Waals surface area contributed by atoms with Gasteiger partial charge in [0, 0.05) is 40.2 Å². The highest BCUT2D eigenvalue weighted by molar-refractivity contribution is 6.07. The van der Waals surface area contributed by atoms with E-state index < -0.39 is 5.41 Å². The van der Waals surface area contributed by atoms with Crippen LogP contribution in [0.2, 0.25) is 0 Å². The SMILES string of the molecule is CNC(=O)C1(C(=O)N2CCN(Cc3noc(C)n3)CC2)CC1. The van der Waals surface area contributed by atoms with Crippen LogP contribution >= 0.6 is 0 Å². The average molecular weight is 307 g/mol. The highest BCUT2D eigenvalue weighted by atomic mass is 16.5. The Labute approximate surface area is 128 Å². The normalized spacial score (nSPS) is 20.7. The molecule has 2 fully saturated rings. The van der Waals surface area contributed by atoms with E-state index in [2.05, 4.69) is 20.4 Å². The van der Waals surface area contributed by atoms with Crippen LogP contribution in [0.15, 0.2) is 4.52 Å². The highest BCUT2D eigenvalue weighted by Crippen LogP contribution is 2.47. The molecule has 3 rings (SSSR count). The summed E-state index contributed by atoms with van der Waals surface area (Å²) in [5.74, 6) is 1.05. The van der Waals surface area contributed by atoms with Gasteiger partial charge in [0.25, 0.3) is 0 Å². The second-order valence-electron chi connectivity index (χ2n) is 5.96. The van der Waals surface area contributed by atoms with E-state index in [9.17, 15) is 9.59 Å². The lowest BCUT2D eigenvalue weighted by molar-refractivity contribution is -0.145. The molecule has 1 saturated carbocycles. The first kappa shape index (κ1) is 15.0. The summed E-state index contributed by atoms with van der Waals surface area (Å²) < 4.78 is 4.96. The van der Waals surface area contributed by atoms with E-state index in [0.29, 0.717) is 44.2 Å². The summed E-state index contributed by atoms with van der Waals surface area (Å²) in [4.78, 5) is 32.6. The third-order valence-electron chi connectivity index (χ3n) is 4.42. The number of aryl methyl sites for hydroxylation is 1. The van der Waals surface area contributed by atoms with Crippen LogP contribution in [0.25, 0.3) is 0 Å². The molecule has 0 atom stereocenters. The molecule has 22 heavy (non-hydrogen) atoms. The van der Waals surface area contributed by atoms with Crippen LogP contribution in [0.3, 0.4) is 0 Å². The minimum atomic E-state index is -0.790. The smallest absolute Gasteiger partial charge is 0.238 e. The third-order valence-corrected chi connectivity index (χ3v) is 4.42. The predicted octanol–water partition coefficient (Wildman–Crippen LogP) is -0.452. The monoisotopic (exact) mass is 307 g/mol. The predicted molar refractivity (Wildman–Crippen MR) is 76.6 cm³/mol. The quantitative estimate of drug-likeness (QED) is 0.758. The van der Waals surface area contributed by atoms with E-state index in [1.54, 1.807) is 18.9 Å². The van der Waals surface area contributed by atoms with Crippen molar-refractivity contribution in [3.8, 4) is 0 Å². The molecule has 2 aliphatic rings. The van der Waals surface area contributed by atoms with Crippen molar-refractivity contribution in [2.75, 3.05) is 33.2 Å². The summed E-state index contributed by atoms with van der Waals surface area (Å²) >= 11 is 0. The Hall–Kier alpha value is -1.96. The first-order valence-electron chi connectivity index (χ1n) is 7.58. The van der Waals surface area contributed by atoms with E-state index in [0.717, 1.165) is 13.1 Å². The highest BCUT2D eigenvalue weighted by Gasteiger charge is 2.57. The van der Waals surface area contributed by atoms with Gasteiger partial charge in [0.1, 0.15) is 5.41 Å². The fourth-order valence-electron chi connectivity index (χ4n) is 2.92. The maximum atomic E-state index is 12.6. The fourth-order valence-corrected chi connectivity index (χ4v) is 2.92. The molecule has 0 bridgehead atoms. The molecule has 0 radical (unpaired) electrons. The van der Waals surface area contributed by atoms with Crippen molar-refractivity contribution in [3.05, 3.63) is 11.7 Å². The van der Waals surface area contributed by atoms with Crippen molar-refractivity contribution in [1.82, 2.24) is 25.3 Å². The number of hydrogen-bond acceptors (Lipinski definition) is 6. The van der Waals surface area contributed by atoms with Crippen molar-refractivity contribution in [2.24, 2.45) is 5.41 Å². The number of carbonyl (C=O) groups excluding carboxylic acids is 2. The summed E-state index contributed by atoms with van der Waals surface area (Å²) in [7, 11) is 1.58. The van der Waals surface area contributed by atoms with Gasteiger partial charge in [-0.2, -0.15) is 4.98 Å². The molecule has 1 saturated heterocycles. The summed E-state index contributed by atoms with van der Waals surface area (Å²) in [5, 5.41) is 6.49. The maximum Gasteiger partial charge on any atom is 0.238 e. The summed E-state index contributed by atoms with van der Waals surface area (Å²) in [6.07, 6.45) is 1.32. The second kappa shape index (κ2) is 5.68.